The Hall–Kier alpha value is -1.40. The number of nitrogens with zero attached hydrogens (tertiary/aromatic N) is 2. The summed E-state index contributed by atoms with van der Waals surface area (Å²) in [6.07, 6.45) is 3.82. The van der Waals surface area contributed by atoms with Crippen LogP contribution in [0.3, 0.4) is 0 Å². The molecule has 62 valence electrons. The highest BCUT2D eigenvalue weighted by molar-refractivity contribution is 5.08. The van der Waals surface area contributed by atoms with Crippen LogP contribution in [0, 0.1) is 11.8 Å². The first kappa shape index (κ1) is 8.69. The Labute approximate surface area is 72.0 Å². The second-order valence-electron chi connectivity index (χ2n) is 2.37. The minimum absolute atomic E-state index is 0.0968. The molecule has 0 aliphatic carbocycles. The molecule has 0 aromatic carbocycles. The Kier molecular flexibility index (Phi) is 3.24. The van der Waals surface area contributed by atoms with Crippen LogP contribution in [0.15, 0.2) is 18.6 Å². The lowest BCUT2D eigenvalue weighted by Gasteiger charge is -2.04. The van der Waals surface area contributed by atoms with Gasteiger partial charge in [-0.15, -0.1) is 11.8 Å². The summed E-state index contributed by atoms with van der Waals surface area (Å²) in [5, 5.41) is 0. The summed E-state index contributed by atoms with van der Waals surface area (Å²) < 4.78 is 0. The van der Waals surface area contributed by atoms with Gasteiger partial charge in [0.1, 0.15) is 6.33 Å². The molecular weight excluding hydrogens is 150 g/mol. The summed E-state index contributed by atoms with van der Waals surface area (Å²) in [7, 11) is 0. The van der Waals surface area contributed by atoms with E-state index in [2.05, 4.69) is 21.8 Å². The third kappa shape index (κ3) is 2.33. The van der Waals surface area contributed by atoms with Gasteiger partial charge in [0.05, 0.1) is 11.7 Å². The normalized spacial score (nSPS) is 11.5. The van der Waals surface area contributed by atoms with Crippen LogP contribution in [0.5, 0.6) is 0 Å². The van der Waals surface area contributed by atoms with Gasteiger partial charge in [0.2, 0.25) is 0 Å². The Morgan fingerprint density at radius 2 is 2.50 bits per heavy atom. The fourth-order valence-corrected chi connectivity index (χ4v) is 0.837. The molecule has 1 atom stereocenters. The van der Waals surface area contributed by atoms with E-state index >= 15 is 0 Å². The standard InChI is InChI=1S/C9H11N3/c1-2-3-4-8(10)9-5-6-11-7-12-9/h5-8H,4,10H2,1H3. The van der Waals surface area contributed by atoms with E-state index in [0.717, 1.165) is 5.69 Å². The SMILES string of the molecule is CC#CCC(N)c1ccncn1. The van der Waals surface area contributed by atoms with Crippen molar-refractivity contribution in [2.24, 2.45) is 5.73 Å². The first-order valence-electron chi connectivity index (χ1n) is 3.75. The smallest absolute Gasteiger partial charge is 0.115 e. The maximum atomic E-state index is 5.79. The molecule has 2 N–H and O–H groups in total. The monoisotopic (exact) mass is 161 g/mol. The molecule has 0 aliphatic heterocycles. The molecule has 1 rings (SSSR count). The van der Waals surface area contributed by atoms with Gasteiger partial charge in [-0.05, 0) is 13.0 Å². The van der Waals surface area contributed by atoms with Crippen LogP contribution in [-0.2, 0) is 0 Å². The first-order valence-corrected chi connectivity index (χ1v) is 3.75. The molecule has 1 unspecified atom stereocenters. The molecule has 0 saturated carbocycles. The predicted molar refractivity (Wildman–Crippen MR) is 47.0 cm³/mol. The highest BCUT2D eigenvalue weighted by Gasteiger charge is 2.03. The van der Waals surface area contributed by atoms with Crippen LogP contribution in [-0.4, -0.2) is 9.97 Å². The Bertz CT molecular complexity index is 284. The topological polar surface area (TPSA) is 51.8 Å². The van der Waals surface area contributed by atoms with Crippen molar-refractivity contribution in [2.45, 2.75) is 19.4 Å². The van der Waals surface area contributed by atoms with E-state index < -0.39 is 0 Å². The molecule has 1 aromatic rings. The van der Waals surface area contributed by atoms with Crippen molar-refractivity contribution in [3.63, 3.8) is 0 Å². The van der Waals surface area contributed by atoms with Crippen molar-refractivity contribution in [1.29, 1.82) is 0 Å². The van der Waals surface area contributed by atoms with Gasteiger partial charge in [0.25, 0.3) is 0 Å². The van der Waals surface area contributed by atoms with Crippen molar-refractivity contribution >= 4 is 0 Å². The lowest BCUT2D eigenvalue weighted by Crippen LogP contribution is -2.10. The van der Waals surface area contributed by atoms with E-state index in [9.17, 15) is 0 Å². The molecular formula is C9H11N3. The summed E-state index contributed by atoms with van der Waals surface area (Å²) in [5.74, 6) is 5.71. The predicted octanol–water partition coefficient (Wildman–Crippen LogP) is 0.890. The average molecular weight is 161 g/mol. The zero-order valence-corrected chi connectivity index (χ0v) is 6.99. The van der Waals surface area contributed by atoms with Crippen LogP contribution in [0.4, 0.5) is 0 Å². The molecule has 3 nitrogen and oxygen atoms in total. The van der Waals surface area contributed by atoms with Crippen LogP contribution in [0.25, 0.3) is 0 Å². The molecule has 12 heavy (non-hydrogen) atoms. The van der Waals surface area contributed by atoms with Crippen molar-refractivity contribution in [3.8, 4) is 11.8 Å². The van der Waals surface area contributed by atoms with Crippen molar-refractivity contribution in [2.75, 3.05) is 0 Å². The van der Waals surface area contributed by atoms with E-state index in [1.807, 2.05) is 6.07 Å². The van der Waals surface area contributed by atoms with E-state index in [1.165, 1.54) is 6.33 Å². The fourth-order valence-electron chi connectivity index (χ4n) is 0.837. The molecule has 0 saturated heterocycles. The second-order valence-corrected chi connectivity index (χ2v) is 2.37. The molecule has 0 amide bonds. The molecule has 1 aromatic heterocycles. The number of aromatic nitrogens is 2. The average Bonchev–Trinajstić information content (AvgIpc) is 2.15. The number of nitrogens with two attached hydrogens (primary N) is 1. The summed E-state index contributed by atoms with van der Waals surface area (Å²) in [6, 6.07) is 1.71. The summed E-state index contributed by atoms with van der Waals surface area (Å²) >= 11 is 0. The molecule has 0 bridgehead atoms. The summed E-state index contributed by atoms with van der Waals surface area (Å²) in [5.41, 5.74) is 6.63. The van der Waals surface area contributed by atoms with Crippen LogP contribution in [0.2, 0.25) is 0 Å². The molecule has 0 spiro atoms. The van der Waals surface area contributed by atoms with Crippen molar-refractivity contribution < 1.29 is 0 Å². The van der Waals surface area contributed by atoms with Gasteiger partial charge in [-0.1, -0.05) is 0 Å². The number of hydrogen-bond acceptors (Lipinski definition) is 3. The van der Waals surface area contributed by atoms with Gasteiger partial charge in [-0.2, -0.15) is 0 Å². The maximum Gasteiger partial charge on any atom is 0.115 e. The lowest BCUT2D eigenvalue weighted by atomic mass is 10.1. The third-order valence-electron chi connectivity index (χ3n) is 1.48. The van der Waals surface area contributed by atoms with Gasteiger partial charge in [0, 0.05) is 12.6 Å². The van der Waals surface area contributed by atoms with Crippen molar-refractivity contribution in [3.05, 3.63) is 24.3 Å². The van der Waals surface area contributed by atoms with Gasteiger partial charge >= 0.3 is 0 Å². The van der Waals surface area contributed by atoms with E-state index in [1.54, 1.807) is 13.1 Å². The third-order valence-corrected chi connectivity index (χ3v) is 1.48. The van der Waals surface area contributed by atoms with Crippen LogP contribution >= 0.6 is 0 Å². The molecule has 0 radical (unpaired) electrons. The fraction of sp³-hybridized carbons (Fsp3) is 0.333. The Balaban J connectivity index is 2.63. The largest absolute Gasteiger partial charge is 0.322 e. The molecule has 3 heteroatoms. The quantitative estimate of drug-likeness (QED) is 0.655. The number of hydrogen-bond donors (Lipinski definition) is 1. The van der Waals surface area contributed by atoms with E-state index in [0.29, 0.717) is 6.42 Å². The Morgan fingerprint density at radius 3 is 3.08 bits per heavy atom. The zero-order chi connectivity index (χ0) is 8.81. The van der Waals surface area contributed by atoms with E-state index in [-0.39, 0.29) is 6.04 Å². The first-order chi connectivity index (χ1) is 5.84. The second kappa shape index (κ2) is 4.47. The minimum Gasteiger partial charge on any atom is -0.322 e. The lowest BCUT2D eigenvalue weighted by molar-refractivity contribution is 0.720. The van der Waals surface area contributed by atoms with Gasteiger partial charge in [-0.3, -0.25) is 0 Å². The van der Waals surface area contributed by atoms with E-state index in [4.69, 9.17) is 5.73 Å². The van der Waals surface area contributed by atoms with Gasteiger partial charge in [0.15, 0.2) is 0 Å². The zero-order valence-electron chi connectivity index (χ0n) is 6.99. The van der Waals surface area contributed by atoms with Crippen LogP contribution < -0.4 is 5.73 Å². The Morgan fingerprint density at radius 1 is 1.67 bits per heavy atom. The van der Waals surface area contributed by atoms with Crippen LogP contribution in [0.1, 0.15) is 25.1 Å². The molecule has 1 heterocycles. The maximum absolute atomic E-state index is 5.79. The summed E-state index contributed by atoms with van der Waals surface area (Å²) in [4.78, 5) is 7.83. The van der Waals surface area contributed by atoms with Crippen molar-refractivity contribution in [1.82, 2.24) is 9.97 Å². The molecule has 0 aliphatic rings. The molecule has 0 fully saturated rings. The highest BCUT2D eigenvalue weighted by atomic mass is 14.8. The van der Waals surface area contributed by atoms with Gasteiger partial charge < -0.3 is 5.73 Å². The minimum atomic E-state index is -0.0968. The number of rotatable bonds is 2. The highest BCUT2D eigenvalue weighted by Crippen LogP contribution is 2.07. The van der Waals surface area contributed by atoms with Gasteiger partial charge in [-0.25, -0.2) is 9.97 Å². The summed E-state index contributed by atoms with van der Waals surface area (Å²) in [6.45, 7) is 1.80.